The number of hydrogen-bond acceptors (Lipinski definition) is 3. The smallest absolute Gasteiger partial charge is 0.338 e. The van der Waals surface area contributed by atoms with Gasteiger partial charge in [-0.3, -0.25) is 0 Å². The molecule has 2 amide bonds. The molecule has 1 aliphatic rings. The molecule has 6 heteroatoms. The Morgan fingerprint density at radius 3 is 2.95 bits per heavy atom. The lowest BCUT2D eigenvalue weighted by Gasteiger charge is -2.22. The molecular formula is C16H19N3O3. The van der Waals surface area contributed by atoms with Gasteiger partial charge in [0.05, 0.1) is 11.6 Å². The Morgan fingerprint density at radius 2 is 2.18 bits per heavy atom. The number of carbonyl (C=O) groups excluding carboxylic acids is 2. The Bertz CT molecular complexity index is 722. The Morgan fingerprint density at radius 1 is 1.36 bits per heavy atom. The molecule has 0 bridgehead atoms. The van der Waals surface area contributed by atoms with Crippen molar-refractivity contribution in [3.05, 3.63) is 36.0 Å². The number of esters is 1. The maximum Gasteiger partial charge on any atom is 0.338 e. The molecule has 0 unspecified atom stereocenters. The highest BCUT2D eigenvalue weighted by molar-refractivity contribution is 6.03. The molecule has 22 heavy (non-hydrogen) atoms. The van der Waals surface area contributed by atoms with Crippen molar-refractivity contribution in [1.82, 2.24) is 9.47 Å². The highest BCUT2D eigenvalue weighted by Gasteiger charge is 2.28. The maximum absolute atomic E-state index is 12.3. The van der Waals surface area contributed by atoms with E-state index in [1.807, 2.05) is 36.0 Å². The molecule has 1 aliphatic heterocycles. The zero-order chi connectivity index (χ0) is 15.7. The summed E-state index contributed by atoms with van der Waals surface area (Å²) in [6, 6.07) is 6.88. The number of benzene rings is 1. The van der Waals surface area contributed by atoms with Crippen molar-refractivity contribution in [3.8, 4) is 0 Å². The quantitative estimate of drug-likeness (QED) is 0.879. The summed E-state index contributed by atoms with van der Waals surface area (Å²) in [5, 5.41) is 0.869. The summed E-state index contributed by atoms with van der Waals surface area (Å²) in [6.07, 6.45) is 3.61. The second kappa shape index (κ2) is 5.71. The number of aryl methyl sites for hydroxylation is 1. The number of urea groups is 1. The molecule has 0 spiro atoms. The summed E-state index contributed by atoms with van der Waals surface area (Å²) < 4.78 is 7.37. The number of amides is 2. The monoisotopic (exact) mass is 301 g/mol. The van der Waals surface area contributed by atoms with E-state index in [-0.39, 0.29) is 18.6 Å². The van der Waals surface area contributed by atoms with Gasteiger partial charge in [0.25, 0.3) is 0 Å². The fourth-order valence-corrected chi connectivity index (χ4v) is 3.03. The Balaban J connectivity index is 1.73. The van der Waals surface area contributed by atoms with E-state index < -0.39 is 6.03 Å². The first kappa shape index (κ1) is 14.4. The number of nitrogens with zero attached hydrogens (tertiary/aromatic N) is 2. The molecule has 3 rings (SSSR count). The van der Waals surface area contributed by atoms with E-state index in [0.29, 0.717) is 12.1 Å². The summed E-state index contributed by atoms with van der Waals surface area (Å²) in [7, 11) is 1.93. The number of likely N-dealkylation sites (tertiary alicyclic amines) is 1. The number of hydrogen-bond donors (Lipinski definition) is 1. The molecular weight excluding hydrogens is 282 g/mol. The molecule has 2 aromatic rings. The fraction of sp³-hybridized carbons (Fsp3) is 0.375. The Kier molecular flexibility index (Phi) is 3.75. The van der Waals surface area contributed by atoms with Crippen molar-refractivity contribution >= 4 is 22.9 Å². The first-order valence-electron chi connectivity index (χ1n) is 7.35. The molecule has 116 valence electrons. The van der Waals surface area contributed by atoms with E-state index in [1.165, 1.54) is 0 Å². The number of fused-ring (bicyclic) bond motifs is 1. The summed E-state index contributed by atoms with van der Waals surface area (Å²) >= 11 is 0. The van der Waals surface area contributed by atoms with Crippen LogP contribution in [0.1, 0.15) is 23.2 Å². The van der Waals surface area contributed by atoms with Crippen LogP contribution in [0.3, 0.4) is 0 Å². The van der Waals surface area contributed by atoms with Crippen LogP contribution in [0.15, 0.2) is 30.5 Å². The maximum atomic E-state index is 12.3. The minimum absolute atomic E-state index is 0.114. The minimum Gasteiger partial charge on any atom is -0.460 e. The molecule has 1 atom stereocenters. The van der Waals surface area contributed by atoms with Gasteiger partial charge in [0.1, 0.15) is 6.61 Å². The van der Waals surface area contributed by atoms with Crippen LogP contribution >= 0.6 is 0 Å². The van der Waals surface area contributed by atoms with Gasteiger partial charge in [-0.05, 0) is 31.0 Å². The fourth-order valence-electron chi connectivity index (χ4n) is 3.03. The van der Waals surface area contributed by atoms with Crippen LogP contribution in [0.25, 0.3) is 10.9 Å². The Hall–Kier alpha value is -2.50. The first-order valence-corrected chi connectivity index (χ1v) is 7.35. The van der Waals surface area contributed by atoms with Crippen molar-refractivity contribution in [1.29, 1.82) is 0 Å². The highest BCUT2D eigenvalue weighted by Crippen LogP contribution is 2.21. The summed E-state index contributed by atoms with van der Waals surface area (Å²) in [5.74, 6) is -0.367. The van der Waals surface area contributed by atoms with E-state index in [9.17, 15) is 9.59 Å². The average Bonchev–Trinajstić information content (AvgIpc) is 3.12. The second-order valence-electron chi connectivity index (χ2n) is 5.59. The zero-order valence-corrected chi connectivity index (χ0v) is 12.5. The van der Waals surface area contributed by atoms with E-state index in [4.69, 9.17) is 10.5 Å². The molecule has 6 nitrogen and oxygen atoms in total. The molecule has 2 N–H and O–H groups in total. The third-order valence-electron chi connectivity index (χ3n) is 4.21. The largest absolute Gasteiger partial charge is 0.460 e. The number of primary amides is 1. The Labute approximate surface area is 128 Å². The molecule has 0 aliphatic carbocycles. The van der Waals surface area contributed by atoms with E-state index in [1.54, 1.807) is 11.0 Å². The third-order valence-corrected chi connectivity index (χ3v) is 4.21. The molecule has 1 saturated heterocycles. The highest BCUT2D eigenvalue weighted by atomic mass is 16.5. The van der Waals surface area contributed by atoms with Crippen molar-refractivity contribution in [2.24, 2.45) is 12.8 Å². The van der Waals surface area contributed by atoms with Crippen LogP contribution in [0, 0.1) is 0 Å². The van der Waals surface area contributed by atoms with Gasteiger partial charge in [0, 0.05) is 30.7 Å². The van der Waals surface area contributed by atoms with Crippen molar-refractivity contribution in [2.75, 3.05) is 13.2 Å². The normalized spacial score (nSPS) is 17.9. The van der Waals surface area contributed by atoms with Gasteiger partial charge in [-0.25, -0.2) is 9.59 Å². The van der Waals surface area contributed by atoms with Crippen molar-refractivity contribution in [2.45, 2.75) is 18.9 Å². The minimum atomic E-state index is -0.455. The lowest BCUT2D eigenvalue weighted by Crippen LogP contribution is -2.41. The molecule has 0 saturated carbocycles. The molecule has 0 radical (unpaired) electrons. The summed E-state index contributed by atoms with van der Waals surface area (Å²) in [6.45, 7) is 0.816. The molecule has 1 fully saturated rings. The van der Waals surface area contributed by atoms with Gasteiger partial charge in [-0.2, -0.15) is 0 Å². The lowest BCUT2D eigenvalue weighted by atomic mass is 10.1. The van der Waals surface area contributed by atoms with Gasteiger partial charge in [0.2, 0.25) is 0 Å². The van der Waals surface area contributed by atoms with E-state index in [0.717, 1.165) is 23.7 Å². The number of carbonyl (C=O) groups is 2. The van der Waals surface area contributed by atoms with Gasteiger partial charge in [0.15, 0.2) is 0 Å². The van der Waals surface area contributed by atoms with Gasteiger partial charge < -0.3 is 19.9 Å². The standard InChI is InChI=1S/C16H19N3O3/c1-18-9-7-12-13(5-2-6-14(12)18)15(20)22-10-11-4-3-8-19(11)16(17)21/h2,5-7,9,11H,3-4,8,10H2,1H3,(H2,17,21)/t11-/m1/s1. The van der Waals surface area contributed by atoms with Gasteiger partial charge in [-0.1, -0.05) is 6.07 Å². The SMILES string of the molecule is Cn1ccc2c(C(=O)OC[C@H]3CCCN3C(N)=O)cccc21. The van der Waals surface area contributed by atoms with E-state index in [2.05, 4.69) is 0 Å². The first-order chi connectivity index (χ1) is 10.6. The van der Waals surface area contributed by atoms with Crippen LogP contribution < -0.4 is 5.73 Å². The van der Waals surface area contributed by atoms with Crippen LogP contribution in [-0.4, -0.2) is 40.7 Å². The number of ether oxygens (including phenoxy) is 1. The van der Waals surface area contributed by atoms with Gasteiger partial charge >= 0.3 is 12.0 Å². The van der Waals surface area contributed by atoms with Crippen LogP contribution in [0.5, 0.6) is 0 Å². The van der Waals surface area contributed by atoms with Crippen LogP contribution in [-0.2, 0) is 11.8 Å². The van der Waals surface area contributed by atoms with Crippen LogP contribution in [0.2, 0.25) is 0 Å². The van der Waals surface area contributed by atoms with E-state index >= 15 is 0 Å². The number of nitrogens with two attached hydrogens (primary N) is 1. The second-order valence-corrected chi connectivity index (χ2v) is 5.59. The molecule has 1 aromatic carbocycles. The number of aromatic nitrogens is 1. The predicted molar refractivity (Wildman–Crippen MR) is 82.5 cm³/mol. The molecule has 1 aromatic heterocycles. The third kappa shape index (κ3) is 2.52. The van der Waals surface area contributed by atoms with Gasteiger partial charge in [-0.15, -0.1) is 0 Å². The average molecular weight is 301 g/mol. The summed E-state index contributed by atoms with van der Waals surface area (Å²) in [5.41, 5.74) is 6.85. The van der Waals surface area contributed by atoms with Crippen LogP contribution in [0.4, 0.5) is 4.79 Å². The molecule has 2 heterocycles. The predicted octanol–water partition coefficient (Wildman–Crippen LogP) is 1.88. The van der Waals surface area contributed by atoms with Crippen molar-refractivity contribution in [3.63, 3.8) is 0 Å². The topological polar surface area (TPSA) is 77.6 Å². The lowest BCUT2D eigenvalue weighted by molar-refractivity contribution is 0.0424. The zero-order valence-electron chi connectivity index (χ0n) is 12.5. The van der Waals surface area contributed by atoms with Crippen molar-refractivity contribution < 1.29 is 14.3 Å². The summed E-state index contributed by atoms with van der Waals surface area (Å²) in [4.78, 5) is 25.2. The number of rotatable bonds is 3.